The Bertz CT molecular complexity index is 667. The minimum Gasteiger partial charge on any atom is -0.473 e. The van der Waals surface area contributed by atoms with E-state index in [-0.39, 0.29) is 16.7 Å². The average Bonchev–Trinajstić information content (AvgIpc) is 2.81. The normalized spacial score (nSPS) is 14.7. The lowest BCUT2D eigenvalue weighted by Crippen LogP contribution is -2.44. The first kappa shape index (κ1) is 26.9. The summed E-state index contributed by atoms with van der Waals surface area (Å²) in [5.41, 5.74) is 0.770. The Morgan fingerprint density at radius 3 is 2.17 bits per heavy atom. The minimum absolute atomic E-state index is 0.0569. The molecule has 0 bridgehead atoms. The van der Waals surface area contributed by atoms with Crippen LogP contribution in [0.4, 0.5) is 0 Å². The molecule has 1 rings (SSSR count). The highest BCUT2D eigenvalue weighted by Crippen LogP contribution is 2.38. The van der Waals surface area contributed by atoms with Crippen LogP contribution >= 0.6 is 22.6 Å². The van der Waals surface area contributed by atoms with E-state index in [0.717, 1.165) is 9.26 Å². The van der Waals surface area contributed by atoms with Crippen molar-refractivity contribution in [1.29, 1.82) is 0 Å². The first-order valence-corrected chi connectivity index (χ1v) is 14.5. The largest absolute Gasteiger partial charge is 0.473 e. The van der Waals surface area contributed by atoms with Gasteiger partial charge in [-0.15, -0.1) is 5.10 Å². The van der Waals surface area contributed by atoms with E-state index < -0.39 is 14.4 Å². The van der Waals surface area contributed by atoms with Gasteiger partial charge in [-0.3, -0.25) is 9.58 Å². The second kappa shape index (κ2) is 9.97. The lowest BCUT2D eigenvalue weighted by atomic mass is 9.98. The van der Waals surface area contributed by atoms with Gasteiger partial charge in [0.2, 0.25) is 5.88 Å². The van der Waals surface area contributed by atoms with Crippen molar-refractivity contribution in [3.05, 3.63) is 9.26 Å². The maximum atomic E-state index is 9.90. The topological polar surface area (TPSA) is 59.8 Å². The summed E-state index contributed by atoms with van der Waals surface area (Å²) in [7, 11) is 0.221. The van der Waals surface area contributed by atoms with Crippen molar-refractivity contribution in [3.8, 4) is 5.88 Å². The van der Waals surface area contributed by atoms with Crippen LogP contribution in [0.2, 0.25) is 18.1 Å². The van der Waals surface area contributed by atoms with Gasteiger partial charge in [-0.2, -0.15) is 0 Å². The van der Waals surface area contributed by atoms with Crippen molar-refractivity contribution in [2.45, 2.75) is 97.8 Å². The van der Waals surface area contributed by atoms with Crippen LogP contribution in [0, 0.1) is 3.57 Å². The molecule has 1 atom stereocenters. The van der Waals surface area contributed by atoms with E-state index in [1.165, 1.54) is 0 Å². The molecule has 0 aliphatic rings. The van der Waals surface area contributed by atoms with Crippen LogP contribution in [-0.2, 0) is 16.5 Å². The van der Waals surface area contributed by atoms with Crippen LogP contribution in [0.5, 0.6) is 5.88 Å². The molecule has 0 aliphatic carbocycles. The molecule has 0 amide bonds. The number of halogens is 1. The Labute approximate surface area is 192 Å². The van der Waals surface area contributed by atoms with E-state index in [0.29, 0.717) is 25.6 Å². The molecule has 1 aromatic rings. The fourth-order valence-electron chi connectivity index (χ4n) is 2.87. The molecule has 0 saturated carbocycles. The maximum absolute atomic E-state index is 9.90. The number of likely N-dealkylation sites (N-methyl/N-ethyl adjacent to an activating group) is 1. The summed E-state index contributed by atoms with van der Waals surface area (Å²) in [6, 6.07) is 0. The Balaban J connectivity index is 3.22. The number of aliphatic hydroxyl groups is 1. The lowest BCUT2D eigenvalue weighted by molar-refractivity contribution is 0.0731. The fraction of sp³-hybridized carbons (Fsp3) is 0.857. The standard InChI is InChI=1S/C21H42IN3O3Si/c1-15(2)28-19-17(22)18(21(7,8)24(9)14-16(3)26)25(23-19)12-13-27-29(10,11)20(4,5)6/h15-16,26H,12-14H2,1-11H3/t16-/m1/s1. The second-order valence-corrected chi connectivity index (χ2v) is 16.1. The number of ether oxygens (including phenoxy) is 1. The van der Waals surface area contributed by atoms with E-state index in [2.05, 4.69) is 75.2 Å². The predicted molar refractivity (Wildman–Crippen MR) is 131 cm³/mol. The molecule has 0 radical (unpaired) electrons. The molecule has 0 saturated heterocycles. The summed E-state index contributed by atoms with van der Waals surface area (Å²) in [5, 5.41) is 14.9. The van der Waals surface area contributed by atoms with Gasteiger partial charge >= 0.3 is 0 Å². The molecule has 6 nitrogen and oxygen atoms in total. The van der Waals surface area contributed by atoms with Gasteiger partial charge < -0.3 is 14.3 Å². The molecule has 170 valence electrons. The third kappa shape index (κ3) is 6.92. The number of hydrogen-bond donors (Lipinski definition) is 1. The highest BCUT2D eigenvalue weighted by atomic mass is 127. The number of nitrogens with zero attached hydrogens (tertiary/aromatic N) is 3. The van der Waals surface area contributed by atoms with Crippen LogP contribution in [0.15, 0.2) is 0 Å². The highest BCUT2D eigenvalue weighted by molar-refractivity contribution is 14.1. The molecule has 8 heteroatoms. The third-order valence-electron chi connectivity index (χ3n) is 5.86. The van der Waals surface area contributed by atoms with Crippen molar-refractivity contribution < 1.29 is 14.3 Å². The molecular formula is C21H42IN3O3Si. The van der Waals surface area contributed by atoms with E-state index in [4.69, 9.17) is 14.3 Å². The van der Waals surface area contributed by atoms with Crippen molar-refractivity contribution in [1.82, 2.24) is 14.7 Å². The van der Waals surface area contributed by atoms with Gasteiger partial charge in [0.05, 0.1) is 40.2 Å². The number of aliphatic hydroxyl groups excluding tert-OH is 1. The molecule has 0 aromatic carbocycles. The van der Waals surface area contributed by atoms with Crippen LogP contribution < -0.4 is 4.74 Å². The van der Waals surface area contributed by atoms with Crippen LogP contribution in [0.1, 0.15) is 61.1 Å². The Kier molecular flexibility index (Phi) is 9.24. The monoisotopic (exact) mass is 539 g/mol. The molecule has 1 aromatic heterocycles. The van der Waals surface area contributed by atoms with Crippen molar-refractivity contribution in [2.24, 2.45) is 0 Å². The highest BCUT2D eigenvalue weighted by Gasteiger charge is 2.38. The average molecular weight is 540 g/mol. The fourth-order valence-corrected chi connectivity index (χ4v) is 5.08. The van der Waals surface area contributed by atoms with E-state index in [9.17, 15) is 5.11 Å². The minimum atomic E-state index is -1.82. The van der Waals surface area contributed by atoms with Crippen LogP contribution in [0.25, 0.3) is 0 Å². The number of rotatable bonds is 10. The van der Waals surface area contributed by atoms with Gasteiger partial charge in [0.1, 0.15) is 0 Å². The summed E-state index contributed by atoms with van der Waals surface area (Å²) >= 11 is 2.34. The van der Waals surface area contributed by atoms with Gasteiger partial charge in [0, 0.05) is 6.54 Å². The van der Waals surface area contributed by atoms with Gasteiger partial charge in [-0.1, -0.05) is 20.8 Å². The molecule has 0 unspecified atom stereocenters. The molecule has 1 N–H and O–H groups in total. The first-order chi connectivity index (χ1) is 13.0. The molecule has 0 aliphatic heterocycles. The Morgan fingerprint density at radius 2 is 1.72 bits per heavy atom. The van der Waals surface area contributed by atoms with Crippen molar-refractivity contribution in [3.63, 3.8) is 0 Å². The van der Waals surface area contributed by atoms with E-state index >= 15 is 0 Å². The van der Waals surface area contributed by atoms with E-state index in [1.807, 2.05) is 32.5 Å². The van der Waals surface area contributed by atoms with Crippen LogP contribution in [0.3, 0.4) is 0 Å². The summed E-state index contributed by atoms with van der Waals surface area (Å²) < 4.78 is 15.4. The lowest BCUT2D eigenvalue weighted by Gasteiger charge is -2.38. The van der Waals surface area contributed by atoms with Gasteiger partial charge in [0.15, 0.2) is 8.32 Å². The summed E-state index contributed by atoms with van der Waals surface area (Å²) in [6.45, 7) is 23.4. The SMILES string of the molecule is CC(C)Oc1nn(CCO[Si](C)(C)C(C)(C)C)c(C(C)(C)N(C)C[C@@H](C)O)c1I. The van der Waals surface area contributed by atoms with Gasteiger partial charge in [0.25, 0.3) is 0 Å². The zero-order chi connectivity index (χ0) is 22.8. The first-order valence-electron chi connectivity index (χ1n) is 10.5. The third-order valence-corrected chi connectivity index (χ3v) is 11.4. The zero-order valence-corrected chi connectivity index (χ0v) is 23.4. The second-order valence-electron chi connectivity index (χ2n) is 10.3. The summed E-state index contributed by atoms with van der Waals surface area (Å²) in [6.07, 6.45) is -0.344. The Hall–Kier alpha value is -0.163. The van der Waals surface area contributed by atoms with Gasteiger partial charge in [-0.05, 0) is 82.4 Å². The molecule has 0 spiro atoms. The van der Waals surface area contributed by atoms with E-state index in [1.54, 1.807) is 0 Å². The number of aromatic nitrogens is 2. The maximum Gasteiger partial charge on any atom is 0.247 e. The quantitative estimate of drug-likeness (QED) is 0.341. The van der Waals surface area contributed by atoms with Crippen molar-refractivity contribution in [2.75, 3.05) is 20.2 Å². The molecule has 0 fully saturated rings. The Morgan fingerprint density at radius 1 is 1.17 bits per heavy atom. The number of hydrogen-bond acceptors (Lipinski definition) is 5. The summed E-state index contributed by atoms with van der Waals surface area (Å²) in [4.78, 5) is 2.17. The van der Waals surface area contributed by atoms with Crippen molar-refractivity contribution >= 4 is 30.9 Å². The van der Waals surface area contributed by atoms with Gasteiger partial charge in [-0.25, -0.2) is 0 Å². The summed E-state index contributed by atoms with van der Waals surface area (Å²) in [5.74, 6) is 0.668. The molecule has 1 heterocycles. The smallest absolute Gasteiger partial charge is 0.247 e. The predicted octanol–water partition coefficient (Wildman–Crippen LogP) is 4.84. The molecular weight excluding hydrogens is 497 g/mol. The molecule has 29 heavy (non-hydrogen) atoms. The van der Waals surface area contributed by atoms with Crippen LogP contribution in [-0.4, -0.2) is 60.5 Å². The zero-order valence-electron chi connectivity index (χ0n) is 20.3.